The van der Waals surface area contributed by atoms with Crippen LogP contribution in [0.3, 0.4) is 0 Å². The third kappa shape index (κ3) is 2.39. The van der Waals surface area contributed by atoms with Gasteiger partial charge in [-0.3, -0.25) is 0 Å². The zero-order valence-corrected chi connectivity index (χ0v) is 11.8. The van der Waals surface area contributed by atoms with Gasteiger partial charge in [-0.15, -0.1) is 0 Å². The summed E-state index contributed by atoms with van der Waals surface area (Å²) in [4.78, 5) is 2.58. The molecule has 1 N–H and O–H groups in total. The van der Waals surface area contributed by atoms with Gasteiger partial charge >= 0.3 is 0 Å². The molecule has 2 aliphatic rings. The van der Waals surface area contributed by atoms with Crippen molar-refractivity contribution in [2.45, 2.75) is 39.2 Å². The fourth-order valence-electron chi connectivity index (χ4n) is 2.93. The molecule has 1 aliphatic heterocycles. The van der Waals surface area contributed by atoms with Gasteiger partial charge in [0.05, 0.1) is 0 Å². The Morgan fingerprint density at radius 2 is 1.72 bits per heavy atom. The summed E-state index contributed by atoms with van der Waals surface area (Å²) in [6.07, 6.45) is 2.77. The molecule has 2 nitrogen and oxygen atoms in total. The van der Waals surface area contributed by atoms with E-state index in [1.807, 2.05) is 0 Å². The lowest BCUT2D eigenvalue weighted by atomic mass is 10.1. The minimum atomic E-state index is 0.205. The molecule has 0 amide bonds. The van der Waals surface area contributed by atoms with Crippen LogP contribution in [0.4, 0.5) is 5.69 Å². The van der Waals surface area contributed by atoms with Gasteiger partial charge in [0, 0.05) is 36.3 Å². The van der Waals surface area contributed by atoms with Crippen molar-refractivity contribution in [3.05, 3.63) is 29.8 Å². The first-order valence-corrected chi connectivity index (χ1v) is 7.05. The van der Waals surface area contributed by atoms with Crippen LogP contribution in [0.25, 0.3) is 0 Å². The lowest BCUT2D eigenvalue weighted by Crippen LogP contribution is -2.46. The van der Waals surface area contributed by atoms with Crippen molar-refractivity contribution in [2.24, 2.45) is 5.41 Å². The van der Waals surface area contributed by atoms with E-state index in [0.29, 0.717) is 5.41 Å². The predicted octanol–water partition coefficient (Wildman–Crippen LogP) is 2.96. The number of hydrogen-bond donors (Lipinski definition) is 1. The average Bonchev–Trinajstić information content (AvgIpc) is 3.08. The lowest BCUT2D eigenvalue weighted by Gasteiger charge is -2.32. The molecule has 1 aromatic carbocycles. The van der Waals surface area contributed by atoms with Crippen molar-refractivity contribution in [1.29, 1.82) is 0 Å². The van der Waals surface area contributed by atoms with E-state index < -0.39 is 0 Å². The van der Waals surface area contributed by atoms with Gasteiger partial charge in [0.2, 0.25) is 0 Å². The molecule has 1 aromatic rings. The van der Waals surface area contributed by atoms with Crippen LogP contribution in [0.2, 0.25) is 0 Å². The number of aryl methyl sites for hydroxylation is 1. The molecule has 2 fully saturated rings. The highest BCUT2D eigenvalue weighted by molar-refractivity contribution is 5.49. The van der Waals surface area contributed by atoms with E-state index in [-0.39, 0.29) is 5.54 Å². The summed E-state index contributed by atoms with van der Waals surface area (Å²) in [5.41, 5.74) is 3.48. The maximum atomic E-state index is 3.74. The second-order valence-electron chi connectivity index (χ2n) is 6.93. The Balaban J connectivity index is 1.86. The Morgan fingerprint density at radius 3 is 2.33 bits per heavy atom. The summed E-state index contributed by atoms with van der Waals surface area (Å²) >= 11 is 0. The molecule has 3 rings (SSSR count). The van der Waals surface area contributed by atoms with Crippen LogP contribution in [0.15, 0.2) is 24.3 Å². The van der Waals surface area contributed by atoms with Crippen LogP contribution in [-0.2, 0) is 0 Å². The Bertz CT molecular complexity index is 421. The Kier molecular flexibility index (Phi) is 2.67. The van der Waals surface area contributed by atoms with Gasteiger partial charge in [-0.2, -0.15) is 0 Å². The molecule has 1 saturated carbocycles. The van der Waals surface area contributed by atoms with E-state index >= 15 is 0 Å². The first kappa shape index (κ1) is 12.0. The SMILES string of the molecule is Cc1ccc(N2CC3(CC3)CNC(C)(C)C2)cc1. The number of anilines is 1. The summed E-state index contributed by atoms with van der Waals surface area (Å²) in [5.74, 6) is 0. The molecule has 1 heterocycles. The van der Waals surface area contributed by atoms with E-state index in [1.165, 1.54) is 37.2 Å². The number of hydrogen-bond acceptors (Lipinski definition) is 2. The monoisotopic (exact) mass is 244 g/mol. The molecule has 98 valence electrons. The summed E-state index contributed by atoms with van der Waals surface area (Å²) in [7, 11) is 0. The fourth-order valence-corrected chi connectivity index (χ4v) is 2.93. The van der Waals surface area contributed by atoms with Crippen LogP contribution in [0.5, 0.6) is 0 Å². The van der Waals surface area contributed by atoms with E-state index in [4.69, 9.17) is 0 Å². The smallest absolute Gasteiger partial charge is 0.0367 e. The molecule has 1 aliphatic carbocycles. The molecule has 0 atom stereocenters. The Labute approximate surface area is 110 Å². The normalized spacial score (nSPS) is 24.9. The largest absolute Gasteiger partial charge is 0.369 e. The minimum absolute atomic E-state index is 0.205. The molecular weight excluding hydrogens is 220 g/mol. The average molecular weight is 244 g/mol. The highest BCUT2D eigenvalue weighted by atomic mass is 15.2. The third-order valence-corrected chi connectivity index (χ3v) is 4.41. The summed E-state index contributed by atoms with van der Waals surface area (Å²) < 4.78 is 0. The van der Waals surface area contributed by atoms with Crippen molar-refractivity contribution in [1.82, 2.24) is 5.32 Å². The Hall–Kier alpha value is -1.02. The second-order valence-corrected chi connectivity index (χ2v) is 6.93. The molecule has 18 heavy (non-hydrogen) atoms. The molecule has 0 aromatic heterocycles. The van der Waals surface area contributed by atoms with Gasteiger partial charge in [-0.25, -0.2) is 0 Å². The predicted molar refractivity (Wildman–Crippen MR) is 77.1 cm³/mol. The number of nitrogens with zero attached hydrogens (tertiary/aromatic N) is 1. The molecule has 0 unspecified atom stereocenters. The van der Waals surface area contributed by atoms with Crippen LogP contribution in [-0.4, -0.2) is 25.2 Å². The maximum absolute atomic E-state index is 3.74. The Morgan fingerprint density at radius 1 is 1.06 bits per heavy atom. The highest BCUT2D eigenvalue weighted by Gasteiger charge is 2.47. The van der Waals surface area contributed by atoms with Gasteiger partial charge in [-0.05, 0) is 45.7 Å². The molecule has 0 bridgehead atoms. The van der Waals surface area contributed by atoms with Gasteiger partial charge in [0.25, 0.3) is 0 Å². The van der Waals surface area contributed by atoms with E-state index in [0.717, 1.165) is 6.54 Å². The molecule has 2 heteroatoms. The molecule has 1 spiro atoms. The summed E-state index contributed by atoms with van der Waals surface area (Å²) in [5, 5.41) is 3.74. The van der Waals surface area contributed by atoms with Crippen LogP contribution < -0.4 is 10.2 Å². The van der Waals surface area contributed by atoms with Crippen molar-refractivity contribution in [3.8, 4) is 0 Å². The minimum Gasteiger partial charge on any atom is -0.369 e. The van der Waals surface area contributed by atoms with Crippen molar-refractivity contribution < 1.29 is 0 Å². The van der Waals surface area contributed by atoms with Gasteiger partial charge < -0.3 is 10.2 Å². The van der Waals surface area contributed by atoms with Crippen LogP contribution >= 0.6 is 0 Å². The highest BCUT2D eigenvalue weighted by Crippen LogP contribution is 2.47. The van der Waals surface area contributed by atoms with Gasteiger partial charge in [-0.1, -0.05) is 17.7 Å². The van der Waals surface area contributed by atoms with Crippen LogP contribution in [0.1, 0.15) is 32.3 Å². The topological polar surface area (TPSA) is 15.3 Å². The first-order valence-electron chi connectivity index (χ1n) is 7.05. The van der Waals surface area contributed by atoms with Crippen LogP contribution in [0, 0.1) is 12.3 Å². The number of nitrogens with one attached hydrogen (secondary N) is 1. The van der Waals surface area contributed by atoms with Gasteiger partial charge in [0.15, 0.2) is 0 Å². The number of rotatable bonds is 1. The number of benzene rings is 1. The van der Waals surface area contributed by atoms with Crippen molar-refractivity contribution in [2.75, 3.05) is 24.5 Å². The second kappa shape index (κ2) is 3.99. The van der Waals surface area contributed by atoms with Crippen molar-refractivity contribution >= 4 is 5.69 Å². The van der Waals surface area contributed by atoms with Crippen molar-refractivity contribution in [3.63, 3.8) is 0 Å². The zero-order valence-electron chi connectivity index (χ0n) is 11.8. The summed E-state index contributed by atoms with van der Waals surface area (Å²) in [6, 6.07) is 8.99. The van der Waals surface area contributed by atoms with E-state index in [1.54, 1.807) is 0 Å². The quantitative estimate of drug-likeness (QED) is 0.817. The third-order valence-electron chi connectivity index (χ3n) is 4.41. The standard InChI is InChI=1S/C16H24N2/c1-13-4-6-14(7-5-13)18-11-15(2,3)17-10-16(12-18)8-9-16/h4-7,17H,8-12H2,1-3H3. The fraction of sp³-hybridized carbons (Fsp3) is 0.625. The van der Waals surface area contributed by atoms with E-state index in [9.17, 15) is 0 Å². The first-order chi connectivity index (χ1) is 8.48. The van der Waals surface area contributed by atoms with E-state index in [2.05, 4.69) is 55.3 Å². The zero-order chi connectivity index (χ0) is 12.8. The molecule has 0 radical (unpaired) electrons. The van der Waals surface area contributed by atoms with Gasteiger partial charge in [0.1, 0.15) is 0 Å². The molecular formula is C16H24N2. The lowest BCUT2D eigenvalue weighted by molar-refractivity contribution is 0.389. The summed E-state index contributed by atoms with van der Waals surface area (Å²) in [6.45, 7) is 10.3. The molecule has 1 saturated heterocycles. The maximum Gasteiger partial charge on any atom is 0.0367 e.